The number of benzene rings is 2. The van der Waals surface area contributed by atoms with Crippen molar-refractivity contribution in [1.29, 1.82) is 0 Å². The number of halogens is 2. The molecule has 0 fully saturated rings. The zero-order valence-corrected chi connectivity index (χ0v) is 12.8. The molecule has 2 aromatic carbocycles. The topological polar surface area (TPSA) is 29.1 Å². The monoisotopic (exact) mass is 337 g/mol. The largest absolute Gasteiger partial charge is 0.326 e. The summed E-state index contributed by atoms with van der Waals surface area (Å²) in [5.74, 6) is -0.0484. The number of anilines is 1. The summed E-state index contributed by atoms with van der Waals surface area (Å²) in [7, 11) is 0. The lowest BCUT2D eigenvalue weighted by molar-refractivity contribution is -0.115. The zero-order chi connectivity index (χ0) is 13.8. The first-order valence-electron chi connectivity index (χ1n) is 5.85. The van der Waals surface area contributed by atoms with Crippen LogP contribution in [-0.2, 0) is 11.2 Å². The van der Waals surface area contributed by atoms with Gasteiger partial charge in [0.05, 0.1) is 6.42 Å². The molecule has 19 heavy (non-hydrogen) atoms. The molecule has 0 aliphatic carbocycles. The maximum absolute atomic E-state index is 12.0. The summed E-state index contributed by atoms with van der Waals surface area (Å²) in [5.41, 5.74) is 2.61. The van der Waals surface area contributed by atoms with Gasteiger partial charge in [-0.05, 0) is 42.3 Å². The summed E-state index contributed by atoms with van der Waals surface area (Å²) in [4.78, 5) is 12.0. The third-order valence-electron chi connectivity index (χ3n) is 2.82. The summed E-state index contributed by atoms with van der Waals surface area (Å²) in [6, 6.07) is 13.2. The number of nitrogens with one attached hydrogen (secondary N) is 1. The van der Waals surface area contributed by atoms with Crippen molar-refractivity contribution in [3.8, 4) is 0 Å². The molecule has 0 atom stereocenters. The number of hydrogen-bond acceptors (Lipinski definition) is 1. The van der Waals surface area contributed by atoms with E-state index in [1.807, 2.05) is 43.3 Å². The van der Waals surface area contributed by atoms with Crippen LogP contribution in [0.4, 0.5) is 5.69 Å². The van der Waals surface area contributed by atoms with Crippen LogP contribution < -0.4 is 5.32 Å². The van der Waals surface area contributed by atoms with E-state index < -0.39 is 0 Å². The Hall–Kier alpha value is -1.32. The van der Waals surface area contributed by atoms with Gasteiger partial charge in [-0.15, -0.1) is 0 Å². The van der Waals surface area contributed by atoms with Crippen molar-refractivity contribution in [3.63, 3.8) is 0 Å². The predicted octanol–water partition coefficient (Wildman–Crippen LogP) is 4.59. The van der Waals surface area contributed by atoms with Crippen LogP contribution in [0.25, 0.3) is 0 Å². The Morgan fingerprint density at radius 2 is 1.89 bits per heavy atom. The molecule has 2 aromatic rings. The number of carbonyl (C=O) groups excluding carboxylic acids is 1. The molecule has 0 saturated carbocycles. The Labute approximate surface area is 125 Å². The van der Waals surface area contributed by atoms with Crippen molar-refractivity contribution in [2.45, 2.75) is 13.3 Å². The molecule has 2 rings (SSSR count). The molecule has 98 valence electrons. The molecule has 0 aliphatic rings. The Morgan fingerprint density at radius 1 is 1.21 bits per heavy atom. The standard InChI is InChI=1S/C15H13BrClNO/c1-10-13(17)3-2-4-14(10)18-15(19)9-11-5-7-12(16)8-6-11/h2-8H,9H2,1H3,(H,18,19). The highest BCUT2D eigenvalue weighted by Gasteiger charge is 2.07. The smallest absolute Gasteiger partial charge is 0.228 e. The van der Waals surface area contributed by atoms with Crippen LogP contribution in [0.2, 0.25) is 5.02 Å². The van der Waals surface area contributed by atoms with Crippen molar-refractivity contribution in [2.75, 3.05) is 5.32 Å². The van der Waals surface area contributed by atoms with Gasteiger partial charge in [-0.25, -0.2) is 0 Å². The SMILES string of the molecule is Cc1c(Cl)cccc1NC(=O)Cc1ccc(Br)cc1. The normalized spacial score (nSPS) is 10.3. The lowest BCUT2D eigenvalue weighted by Gasteiger charge is -2.09. The maximum Gasteiger partial charge on any atom is 0.228 e. The van der Waals surface area contributed by atoms with E-state index in [2.05, 4.69) is 21.2 Å². The van der Waals surface area contributed by atoms with E-state index in [1.165, 1.54) is 0 Å². The summed E-state index contributed by atoms with van der Waals surface area (Å²) in [5, 5.41) is 3.53. The Balaban J connectivity index is 2.05. The molecule has 1 amide bonds. The van der Waals surface area contributed by atoms with Gasteiger partial charge in [0.1, 0.15) is 0 Å². The summed E-state index contributed by atoms with van der Waals surface area (Å²) < 4.78 is 1.00. The van der Waals surface area contributed by atoms with Gasteiger partial charge in [0.15, 0.2) is 0 Å². The molecule has 0 spiro atoms. The molecule has 1 N–H and O–H groups in total. The highest BCUT2D eigenvalue weighted by atomic mass is 79.9. The predicted molar refractivity (Wildman–Crippen MR) is 82.7 cm³/mol. The lowest BCUT2D eigenvalue weighted by atomic mass is 10.1. The third-order valence-corrected chi connectivity index (χ3v) is 3.76. The van der Waals surface area contributed by atoms with E-state index in [9.17, 15) is 4.79 Å². The van der Waals surface area contributed by atoms with Crippen LogP contribution in [0.3, 0.4) is 0 Å². The Morgan fingerprint density at radius 3 is 2.58 bits per heavy atom. The molecular formula is C15H13BrClNO. The fourth-order valence-electron chi connectivity index (χ4n) is 1.72. The zero-order valence-electron chi connectivity index (χ0n) is 10.4. The molecule has 2 nitrogen and oxygen atoms in total. The Bertz CT molecular complexity index is 596. The van der Waals surface area contributed by atoms with Crippen molar-refractivity contribution in [1.82, 2.24) is 0 Å². The first-order chi connectivity index (χ1) is 9.06. The van der Waals surface area contributed by atoms with E-state index >= 15 is 0 Å². The summed E-state index contributed by atoms with van der Waals surface area (Å²) in [6.45, 7) is 1.89. The second-order valence-corrected chi connectivity index (χ2v) is 5.59. The van der Waals surface area contributed by atoms with E-state index in [1.54, 1.807) is 6.07 Å². The van der Waals surface area contributed by atoms with Crippen LogP contribution in [-0.4, -0.2) is 5.91 Å². The fourth-order valence-corrected chi connectivity index (χ4v) is 2.16. The number of rotatable bonds is 3. The minimum absolute atomic E-state index is 0.0484. The van der Waals surface area contributed by atoms with Crippen molar-refractivity contribution >= 4 is 39.1 Å². The highest BCUT2D eigenvalue weighted by Crippen LogP contribution is 2.23. The first-order valence-corrected chi connectivity index (χ1v) is 7.03. The van der Waals surface area contributed by atoms with Crippen molar-refractivity contribution in [2.24, 2.45) is 0 Å². The van der Waals surface area contributed by atoms with Gasteiger partial charge in [-0.2, -0.15) is 0 Å². The quantitative estimate of drug-likeness (QED) is 0.871. The molecule has 0 aromatic heterocycles. The second kappa shape index (κ2) is 6.22. The molecule has 0 radical (unpaired) electrons. The molecule has 0 unspecified atom stereocenters. The Kier molecular flexibility index (Phi) is 4.61. The average molecular weight is 339 g/mol. The second-order valence-electron chi connectivity index (χ2n) is 4.26. The molecule has 0 bridgehead atoms. The first kappa shape index (κ1) is 14.1. The molecule has 0 aliphatic heterocycles. The summed E-state index contributed by atoms with van der Waals surface area (Å²) >= 11 is 9.39. The summed E-state index contributed by atoms with van der Waals surface area (Å²) in [6.07, 6.45) is 0.346. The van der Waals surface area contributed by atoms with E-state index in [0.717, 1.165) is 21.3 Å². The average Bonchev–Trinajstić information content (AvgIpc) is 2.38. The molecule has 0 heterocycles. The van der Waals surface area contributed by atoms with Gasteiger partial charge in [-0.3, -0.25) is 4.79 Å². The van der Waals surface area contributed by atoms with Gasteiger partial charge >= 0.3 is 0 Å². The minimum Gasteiger partial charge on any atom is -0.326 e. The maximum atomic E-state index is 12.0. The van der Waals surface area contributed by atoms with Gasteiger partial charge < -0.3 is 5.32 Å². The highest BCUT2D eigenvalue weighted by molar-refractivity contribution is 9.10. The van der Waals surface area contributed by atoms with Gasteiger partial charge in [0, 0.05) is 15.2 Å². The van der Waals surface area contributed by atoms with Crippen LogP contribution in [0, 0.1) is 6.92 Å². The van der Waals surface area contributed by atoms with Gasteiger partial charge in [0.2, 0.25) is 5.91 Å². The van der Waals surface area contributed by atoms with E-state index in [-0.39, 0.29) is 5.91 Å². The molecule has 0 saturated heterocycles. The van der Waals surface area contributed by atoms with Crippen LogP contribution in [0.5, 0.6) is 0 Å². The van der Waals surface area contributed by atoms with Crippen LogP contribution >= 0.6 is 27.5 Å². The van der Waals surface area contributed by atoms with E-state index in [0.29, 0.717) is 11.4 Å². The number of amides is 1. The third kappa shape index (κ3) is 3.82. The van der Waals surface area contributed by atoms with E-state index in [4.69, 9.17) is 11.6 Å². The van der Waals surface area contributed by atoms with Gasteiger partial charge in [0.25, 0.3) is 0 Å². The number of carbonyl (C=O) groups is 1. The lowest BCUT2D eigenvalue weighted by Crippen LogP contribution is -2.15. The fraction of sp³-hybridized carbons (Fsp3) is 0.133. The molecular weight excluding hydrogens is 326 g/mol. The van der Waals surface area contributed by atoms with Crippen molar-refractivity contribution < 1.29 is 4.79 Å². The van der Waals surface area contributed by atoms with Crippen molar-refractivity contribution in [3.05, 3.63) is 63.1 Å². The van der Waals surface area contributed by atoms with Crippen LogP contribution in [0.1, 0.15) is 11.1 Å². The van der Waals surface area contributed by atoms with Crippen LogP contribution in [0.15, 0.2) is 46.9 Å². The molecule has 4 heteroatoms. The number of hydrogen-bond donors (Lipinski definition) is 1. The minimum atomic E-state index is -0.0484. The van der Waals surface area contributed by atoms with Gasteiger partial charge in [-0.1, -0.05) is 45.7 Å².